The largest absolute Gasteiger partial charge is 0.494 e. The van der Waals surface area contributed by atoms with Crippen LogP contribution >= 0.6 is 0 Å². The third kappa shape index (κ3) is 2.53. The molecule has 2 rings (SSSR count). The van der Waals surface area contributed by atoms with E-state index in [9.17, 15) is 0 Å². The van der Waals surface area contributed by atoms with Crippen molar-refractivity contribution in [2.45, 2.75) is 13.8 Å². The van der Waals surface area contributed by atoms with Crippen LogP contribution in [0.1, 0.15) is 12.6 Å². The fourth-order valence-electron chi connectivity index (χ4n) is 1.41. The number of imidazole rings is 1. The fraction of sp³-hybridized carbons (Fsp3) is 0.250. The highest BCUT2D eigenvalue weighted by atomic mass is 16.5. The highest BCUT2D eigenvalue weighted by Crippen LogP contribution is 2.18. The first-order chi connectivity index (χ1) is 7.78. The van der Waals surface area contributed by atoms with Gasteiger partial charge in [-0.05, 0) is 38.1 Å². The molecule has 84 valence electrons. The van der Waals surface area contributed by atoms with Crippen LogP contribution < -0.4 is 10.1 Å². The number of ether oxygens (including phenoxy) is 1. The van der Waals surface area contributed by atoms with Crippen LogP contribution in [-0.2, 0) is 0 Å². The van der Waals surface area contributed by atoms with Gasteiger partial charge in [0.15, 0.2) is 0 Å². The molecular weight excluding hydrogens is 202 g/mol. The van der Waals surface area contributed by atoms with Gasteiger partial charge in [0, 0.05) is 17.6 Å². The summed E-state index contributed by atoms with van der Waals surface area (Å²) in [5.74, 6) is 1.63. The Morgan fingerprint density at radius 3 is 2.62 bits per heavy atom. The quantitative estimate of drug-likeness (QED) is 0.827. The number of benzene rings is 1. The average molecular weight is 217 g/mol. The van der Waals surface area contributed by atoms with Crippen LogP contribution in [-0.4, -0.2) is 16.6 Å². The van der Waals surface area contributed by atoms with Crippen molar-refractivity contribution in [2.75, 3.05) is 11.9 Å². The lowest BCUT2D eigenvalue weighted by molar-refractivity contribution is 0.340. The van der Waals surface area contributed by atoms with Crippen LogP contribution in [0.3, 0.4) is 0 Å². The van der Waals surface area contributed by atoms with Gasteiger partial charge in [-0.2, -0.15) is 0 Å². The van der Waals surface area contributed by atoms with Crippen molar-refractivity contribution in [3.05, 3.63) is 36.2 Å². The zero-order valence-electron chi connectivity index (χ0n) is 9.45. The van der Waals surface area contributed by atoms with Crippen molar-refractivity contribution < 1.29 is 4.74 Å². The van der Waals surface area contributed by atoms with Gasteiger partial charge in [0.2, 0.25) is 5.95 Å². The lowest BCUT2D eigenvalue weighted by Crippen LogP contribution is -1.94. The van der Waals surface area contributed by atoms with E-state index >= 15 is 0 Å². The SMILES string of the molecule is CCOc1ccc(Nc2ncc(C)[nH]2)cc1. The first-order valence-electron chi connectivity index (χ1n) is 5.29. The predicted octanol–water partition coefficient (Wildman–Crippen LogP) is 2.86. The number of aryl methyl sites for hydroxylation is 1. The second-order valence-electron chi connectivity index (χ2n) is 3.50. The zero-order valence-corrected chi connectivity index (χ0v) is 9.45. The maximum Gasteiger partial charge on any atom is 0.204 e. The molecule has 0 aliphatic rings. The second-order valence-corrected chi connectivity index (χ2v) is 3.50. The lowest BCUT2D eigenvalue weighted by Gasteiger charge is -2.05. The van der Waals surface area contributed by atoms with E-state index in [-0.39, 0.29) is 0 Å². The summed E-state index contributed by atoms with van der Waals surface area (Å²) in [6.07, 6.45) is 1.79. The Bertz CT molecular complexity index is 448. The molecule has 0 aliphatic heterocycles. The maximum atomic E-state index is 5.36. The summed E-state index contributed by atoms with van der Waals surface area (Å²) < 4.78 is 5.36. The van der Waals surface area contributed by atoms with E-state index < -0.39 is 0 Å². The van der Waals surface area contributed by atoms with E-state index in [4.69, 9.17) is 4.74 Å². The second kappa shape index (κ2) is 4.70. The molecule has 1 aromatic carbocycles. The van der Waals surface area contributed by atoms with Gasteiger partial charge >= 0.3 is 0 Å². The number of hydrogen-bond donors (Lipinski definition) is 2. The van der Waals surface area contributed by atoms with Gasteiger partial charge < -0.3 is 15.0 Å². The number of aromatic nitrogens is 2. The minimum atomic E-state index is 0.685. The van der Waals surface area contributed by atoms with Crippen molar-refractivity contribution in [2.24, 2.45) is 0 Å². The summed E-state index contributed by atoms with van der Waals surface area (Å²) in [5.41, 5.74) is 2.02. The van der Waals surface area contributed by atoms with Gasteiger partial charge in [-0.3, -0.25) is 0 Å². The minimum absolute atomic E-state index is 0.685. The van der Waals surface area contributed by atoms with E-state index in [1.165, 1.54) is 0 Å². The first kappa shape index (κ1) is 10.5. The molecule has 0 saturated heterocycles. The third-order valence-corrected chi connectivity index (χ3v) is 2.13. The summed E-state index contributed by atoms with van der Waals surface area (Å²) in [6, 6.07) is 7.79. The lowest BCUT2D eigenvalue weighted by atomic mass is 10.3. The monoisotopic (exact) mass is 217 g/mol. The smallest absolute Gasteiger partial charge is 0.204 e. The van der Waals surface area contributed by atoms with Crippen LogP contribution in [0, 0.1) is 6.92 Å². The minimum Gasteiger partial charge on any atom is -0.494 e. The number of H-pyrrole nitrogens is 1. The van der Waals surface area contributed by atoms with Crippen molar-refractivity contribution in [3.63, 3.8) is 0 Å². The molecular formula is C12H15N3O. The van der Waals surface area contributed by atoms with E-state index in [1.807, 2.05) is 38.1 Å². The number of rotatable bonds is 4. The Morgan fingerprint density at radius 1 is 1.31 bits per heavy atom. The molecule has 0 saturated carbocycles. The summed E-state index contributed by atoms with van der Waals surface area (Å²) >= 11 is 0. The van der Waals surface area contributed by atoms with E-state index in [0.717, 1.165) is 23.1 Å². The highest BCUT2D eigenvalue weighted by molar-refractivity contribution is 5.54. The van der Waals surface area contributed by atoms with Crippen molar-refractivity contribution in [3.8, 4) is 5.75 Å². The molecule has 0 unspecified atom stereocenters. The average Bonchev–Trinajstić information content (AvgIpc) is 2.67. The zero-order chi connectivity index (χ0) is 11.4. The first-order valence-corrected chi connectivity index (χ1v) is 5.29. The molecule has 4 heteroatoms. The van der Waals surface area contributed by atoms with Gasteiger partial charge in [0.25, 0.3) is 0 Å². The van der Waals surface area contributed by atoms with Crippen LogP contribution in [0.4, 0.5) is 11.6 Å². The number of nitrogens with zero attached hydrogens (tertiary/aromatic N) is 1. The Hall–Kier alpha value is -1.97. The molecule has 1 aromatic heterocycles. The summed E-state index contributed by atoms with van der Waals surface area (Å²) in [7, 11) is 0. The molecule has 0 fully saturated rings. The number of nitrogens with one attached hydrogen (secondary N) is 2. The molecule has 0 amide bonds. The molecule has 2 aromatic rings. The van der Waals surface area contributed by atoms with Crippen molar-refractivity contribution in [1.82, 2.24) is 9.97 Å². The number of aromatic amines is 1. The van der Waals surface area contributed by atoms with Gasteiger partial charge in [0.05, 0.1) is 6.61 Å². The van der Waals surface area contributed by atoms with Crippen LogP contribution in [0.15, 0.2) is 30.5 Å². The van der Waals surface area contributed by atoms with Crippen LogP contribution in [0.5, 0.6) is 5.75 Å². The van der Waals surface area contributed by atoms with Crippen molar-refractivity contribution in [1.29, 1.82) is 0 Å². The molecule has 1 heterocycles. The molecule has 0 atom stereocenters. The van der Waals surface area contributed by atoms with Gasteiger partial charge in [-0.25, -0.2) is 4.98 Å². The third-order valence-electron chi connectivity index (χ3n) is 2.13. The maximum absolute atomic E-state index is 5.36. The molecule has 0 spiro atoms. The van der Waals surface area contributed by atoms with Crippen LogP contribution in [0.2, 0.25) is 0 Å². The topological polar surface area (TPSA) is 49.9 Å². The van der Waals surface area contributed by atoms with E-state index in [2.05, 4.69) is 15.3 Å². The Kier molecular flexibility index (Phi) is 3.10. The molecule has 16 heavy (non-hydrogen) atoms. The van der Waals surface area contributed by atoms with Crippen molar-refractivity contribution >= 4 is 11.6 Å². The molecule has 0 radical (unpaired) electrons. The Balaban J connectivity index is 2.05. The molecule has 0 bridgehead atoms. The standard InChI is InChI=1S/C12H15N3O/c1-3-16-11-6-4-10(5-7-11)15-12-13-8-9(2)14-12/h4-8H,3H2,1-2H3,(H2,13,14,15). The number of anilines is 2. The number of hydrogen-bond acceptors (Lipinski definition) is 3. The predicted molar refractivity (Wildman–Crippen MR) is 64.2 cm³/mol. The van der Waals surface area contributed by atoms with E-state index in [0.29, 0.717) is 6.61 Å². The van der Waals surface area contributed by atoms with Gasteiger partial charge in [-0.1, -0.05) is 0 Å². The summed E-state index contributed by atoms with van der Waals surface area (Å²) in [4.78, 5) is 7.28. The summed E-state index contributed by atoms with van der Waals surface area (Å²) in [6.45, 7) is 4.62. The normalized spacial score (nSPS) is 10.1. The van der Waals surface area contributed by atoms with Gasteiger partial charge in [0.1, 0.15) is 5.75 Å². The molecule has 2 N–H and O–H groups in total. The highest BCUT2D eigenvalue weighted by Gasteiger charge is 1.98. The molecule has 4 nitrogen and oxygen atoms in total. The Labute approximate surface area is 94.7 Å². The Morgan fingerprint density at radius 2 is 2.06 bits per heavy atom. The van der Waals surface area contributed by atoms with Crippen LogP contribution in [0.25, 0.3) is 0 Å². The molecule has 0 aliphatic carbocycles. The van der Waals surface area contributed by atoms with E-state index in [1.54, 1.807) is 6.20 Å². The van der Waals surface area contributed by atoms with Gasteiger partial charge in [-0.15, -0.1) is 0 Å². The fourth-order valence-corrected chi connectivity index (χ4v) is 1.41. The summed E-state index contributed by atoms with van der Waals surface area (Å²) in [5, 5.41) is 3.17.